The Bertz CT molecular complexity index is 727. The molecule has 0 aliphatic carbocycles. The number of carbonyl (C=O) groups excluding carboxylic acids is 2. The lowest BCUT2D eigenvalue weighted by atomic mass is 10.2. The summed E-state index contributed by atoms with van der Waals surface area (Å²) in [5.41, 5.74) is 5.51. The molecule has 2 amide bonds. The molecule has 0 bridgehead atoms. The molecule has 0 atom stereocenters. The second kappa shape index (κ2) is 7.74. The fourth-order valence-electron chi connectivity index (χ4n) is 1.75. The van der Waals surface area contributed by atoms with E-state index < -0.39 is 17.6 Å². The Morgan fingerprint density at radius 1 is 1.09 bits per heavy atom. The zero-order valence-corrected chi connectivity index (χ0v) is 12.4. The summed E-state index contributed by atoms with van der Waals surface area (Å²) in [6.07, 6.45) is 2.86. The van der Waals surface area contributed by atoms with Crippen LogP contribution in [0.15, 0.2) is 54.6 Å². The molecule has 6 heteroatoms. The van der Waals surface area contributed by atoms with Gasteiger partial charge in [-0.15, -0.1) is 0 Å². The van der Waals surface area contributed by atoms with E-state index in [0.29, 0.717) is 5.75 Å². The maximum Gasteiger partial charge on any atom is 0.269 e. The number of hydrogen-bond acceptors (Lipinski definition) is 3. The number of rotatable bonds is 4. The van der Waals surface area contributed by atoms with Crippen LogP contribution in [0.1, 0.15) is 15.9 Å². The Morgan fingerprint density at radius 2 is 1.83 bits per heavy atom. The molecule has 0 radical (unpaired) electrons. The van der Waals surface area contributed by atoms with Crippen molar-refractivity contribution in [1.29, 1.82) is 0 Å². The topological polar surface area (TPSA) is 67.4 Å². The van der Waals surface area contributed by atoms with Gasteiger partial charge in [0.25, 0.3) is 11.8 Å². The van der Waals surface area contributed by atoms with E-state index in [0.717, 1.165) is 5.56 Å². The molecule has 0 unspecified atom stereocenters. The number of carbonyl (C=O) groups is 2. The van der Waals surface area contributed by atoms with Crippen molar-refractivity contribution in [3.63, 3.8) is 0 Å². The van der Waals surface area contributed by atoms with Crippen molar-refractivity contribution in [3.8, 4) is 5.75 Å². The van der Waals surface area contributed by atoms with E-state index in [1.54, 1.807) is 31.4 Å². The van der Waals surface area contributed by atoms with Crippen LogP contribution >= 0.6 is 0 Å². The monoisotopic (exact) mass is 314 g/mol. The lowest BCUT2D eigenvalue weighted by Crippen LogP contribution is -2.40. The molecule has 0 heterocycles. The molecule has 2 aromatic rings. The minimum Gasteiger partial charge on any atom is -0.497 e. The molecule has 118 valence electrons. The Morgan fingerprint density at radius 3 is 2.52 bits per heavy atom. The van der Waals surface area contributed by atoms with Gasteiger partial charge in [0.15, 0.2) is 0 Å². The molecular weight excluding hydrogens is 299 g/mol. The molecule has 0 aliphatic rings. The molecule has 0 aromatic heterocycles. The molecule has 2 N–H and O–H groups in total. The fourth-order valence-corrected chi connectivity index (χ4v) is 1.75. The van der Waals surface area contributed by atoms with E-state index in [2.05, 4.69) is 10.9 Å². The Hall–Kier alpha value is -3.15. The van der Waals surface area contributed by atoms with Gasteiger partial charge in [-0.3, -0.25) is 20.4 Å². The SMILES string of the molecule is COc1cccc(/C=C/C(=O)NNC(=O)c2ccc(F)cc2)c1. The Balaban J connectivity index is 1.88. The number of halogens is 1. The predicted molar refractivity (Wildman–Crippen MR) is 84.0 cm³/mol. The van der Waals surface area contributed by atoms with Crippen molar-refractivity contribution in [2.75, 3.05) is 7.11 Å². The first-order valence-corrected chi connectivity index (χ1v) is 6.76. The maximum atomic E-state index is 12.8. The van der Waals surface area contributed by atoms with E-state index in [1.807, 2.05) is 6.07 Å². The Labute approximate surface area is 132 Å². The van der Waals surface area contributed by atoms with Gasteiger partial charge < -0.3 is 4.74 Å². The molecule has 2 rings (SSSR count). The van der Waals surface area contributed by atoms with Crippen LogP contribution in [0, 0.1) is 5.82 Å². The minimum absolute atomic E-state index is 0.239. The van der Waals surface area contributed by atoms with Crippen LogP contribution < -0.4 is 15.6 Å². The van der Waals surface area contributed by atoms with Crippen molar-refractivity contribution >= 4 is 17.9 Å². The summed E-state index contributed by atoms with van der Waals surface area (Å²) in [7, 11) is 1.56. The van der Waals surface area contributed by atoms with Crippen molar-refractivity contribution in [3.05, 3.63) is 71.6 Å². The van der Waals surface area contributed by atoms with Gasteiger partial charge in [-0.1, -0.05) is 12.1 Å². The predicted octanol–water partition coefficient (Wildman–Crippen LogP) is 2.31. The van der Waals surface area contributed by atoms with Crippen molar-refractivity contribution in [1.82, 2.24) is 10.9 Å². The second-order valence-corrected chi connectivity index (χ2v) is 4.56. The highest BCUT2D eigenvalue weighted by Crippen LogP contribution is 2.13. The summed E-state index contributed by atoms with van der Waals surface area (Å²) in [4.78, 5) is 23.4. The highest BCUT2D eigenvalue weighted by molar-refractivity contribution is 5.97. The average molecular weight is 314 g/mol. The molecule has 5 nitrogen and oxygen atoms in total. The smallest absolute Gasteiger partial charge is 0.269 e. The van der Waals surface area contributed by atoms with Gasteiger partial charge in [0.05, 0.1) is 7.11 Å². The summed E-state index contributed by atoms with van der Waals surface area (Å²) < 4.78 is 17.8. The number of hydrogen-bond donors (Lipinski definition) is 2. The summed E-state index contributed by atoms with van der Waals surface area (Å²) in [5, 5.41) is 0. The van der Waals surface area contributed by atoms with Gasteiger partial charge in [0, 0.05) is 11.6 Å². The van der Waals surface area contributed by atoms with Crippen LogP contribution in [0.3, 0.4) is 0 Å². The summed E-state index contributed by atoms with van der Waals surface area (Å²) >= 11 is 0. The summed E-state index contributed by atoms with van der Waals surface area (Å²) in [5.74, 6) is -0.791. The van der Waals surface area contributed by atoms with Crippen LogP contribution in [-0.4, -0.2) is 18.9 Å². The van der Waals surface area contributed by atoms with Gasteiger partial charge in [-0.25, -0.2) is 4.39 Å². The highest BCUT2D eigenvalue weighted by Gasteiger charge is 2.05. The van der Waals surface area contributed by atoms with Crippen LogP contribution in [0.2, 0.25) is 0 Å². The summed E-state index contributed by atoms with van der Waals surface area (Å²) in [6.45, 7) is 0. The third-order valence-corrected chi connectivity index (χ3v) is 2.93. The lowest BCUT2D eigenvalue weighted by molar-refractivity contribution is -0.117. The van der Waals surface area contributed by atoms with Gasteiger partial charge in [-0.05, 0) is 48.0 Å². The van der Waals surface area contributed by atoms with Gasteiger partial charge in [-0.2, -0.15) is 0 Å². The number of amides is 2. The normalized spacial score (nSPS) is 10.3. The van der Waals surface area contributed by atoms with E-state index in [1.165, 1.54) is 30.3 Å². The van der Waals surface area contributed by atoms with Gasteiger partial charge >= 0.3 is 0 Å². The van der Waals surface area contributed by atoms with Gasteiger partial charge in [0.1, 0.15) is 11.6 Å². The van der Waals surface area contributed by atoms with Crippen molar-refractivity contribution < 1.29 is 18.7 Å². The first kappa shape index (κ1) is 16.2. The molecule has 2 aromatic carbocycles. The van der Waals surface area contributed by atoms with Crippen molar-refractivity contribution in [2.24, 2.45) is 0 Å². The zero-order chi connectivity index (χ0) is 16.7. The number of benzene rings is 2. The molecule has 0 spiro atoms. The third-order valence-electron chi connectivity index (χ3n) is 2.93. The minimum atomic E-state index is -0.534. The first-order chi connectivity index (χ1) is 11.1. The molecular formula is C17H15FN2O3. The largest absolute Gasteiger partial charge is 0.497 e. The van der Waals surface area contributed by atoms with Crippen LogP contribution in [0.4, 0.5) is 4.39 Å². The second-order valence-electron chi connectivity index (χ2n) is 4.56. The van der Waals surface area contributed by atoms with Crippen molar-refractivity contribution in [2.45, 2.75) is 0 Å². The first-order valence-electron chi connectivity index (χ1n) is 6.76. The van der Waals surface area contributed by atoms with E-state index in [-0.39, 0.29) is 5.56 Å². The average Bonchev–Trinajstić information content (AvgIpc) is 2.58. The fraction of sp³-hybridized carbons (Fsp3) is 0.0588. The standard InChI is InChI=1S/C17H15FN2O3/c1-23-15-4-2-3-12(11-15)5-10-16(21)19-20-17(22)13-6-8-14(18)9-7-13/h2-11H,1H3,(H,19,21)(H,20,22)/b10-5+. The van der Waals surface area contributed by atoms with E-state index in [4.69, 9.17) is 4.74 Å². The van der Waals surface area contributed by atoms with Crippen LogP contribution in [0.25, 0.3) is 6.08 Å². The number of methoxy groups -OCH3 is 1. The van der Waals surface area contributed by atoms with E-state index in [9.17, 15) is 14.0 Å². The quantitative estimate of drug-likeness (QED) is 0.672. The number of hydrazine groups is 1. The lowest BCUT2D eigenvalue weighted by Gasteiger charge is -2.05. The van der Waals surface area contributed by atoms with Crippen LogP contribution in [-0.2, 0) is 4.79 Å². The van der Waals surface area contributed by atoms with Crippen LogP contribution in [0.5, 0.6) is 5.75 Å². The molecule has 0 saturated carbocycles. The van der Waals surface area contributed by atoms with E-state index >= 15 is 0 Å². The third kappa shape index (κ3) is 4.96. The number of ether oxygens (including phenoxy) is 1. The Kier molecular flexibility index (Phi) is 5.46. The molecule has 0 fully saturated rings. The molecule has 0 aliphatic heterocycles. The molecule has 23 heavy (non-hydrogen) atoms. The number of nitrogens with one attached hydrogen (secondary N) is 2. The zero-order valence-electron chi connectivity index (χ0n) is 12.4. The highest BCUT2D eigenvalue weighted by atomic mass is 19.1. The summed E-state index contributed by atoms with van der Waals surface area (Å²) in [6, 6.07) is 12.1. The van der Waals surface area contributed by atoms with Gasteiger partial charge in [0.2, 0.25) is 0 Å². The molecule has 0 saturated heterocycles. The maximum absolute atomic E-state index is 12.8.